The fourth-order valence-corrected chi connectivity index (χ4v) is 6.20. The summed E-state index contributed by atoms with van der Waals surface area (Å²) in [5.74, 6) is -0.859. The van der Waals surface area contributed by atoms with Crippen molar-refractivity contribution in [2.45, 2.75) is 41.1 Å². The molecule has 1 aromatic heterocycles. The fraction of sp³-hybridized carbons (Fsp3) is 0.500. The Morgan fingerprint density at radius 2 is 2.03 bits per heavy atom. The Balaban J connectivity index is 1.88. The van der Waals surface area contributed by atoms with Crippen LogP contribution in [0.5, 0.6) is 0 Å². The molecule has 12 heteroatoms. The lowest BCUT2D eigenvalue weighted by Crippen LogP contribution is -2.53. The van der Waals surface area contributed by atoms with E-state index in [2.05, 4.69) is 19.9 Å². The molecule has 0 spiro atoms. The van der Waals surface area contributed by atoms with E-state index in [1.165, 1.54) is 6.20 Å². The van der Waals surface area contributed by atoms with Gasteiger partial charge in [0, 0.05) is 30.1 Å². The number of hydrogen-bond donors (Lipinski definition) is 2. The summed E-state index contributed by atoms with van der Waals surface area (Å²) in [6, 6.07) is 2.03. The number of nitrogens with zero attached hydrogens (tertiary/aromatic N) is 2. The van der Waals surface area contributed by atoms with Gasteiger partial charge in [0.2, 0.25) is 0 Å². The van der Waals surface area contributed by atoms with Gasteiger partial charge in [0.1, 0.15) is 15.0 Å². The SMILES string of the molecule is C[C@H]1C[C@H](N(C)C)[C@@H](Nc2cc(F)c(S(=O)(=O)Nc3nccs3)cc2Cl)CC1(Cl)Cl. The normalized spacial score (nSPS) is 24.1. The van der Waals surface area contributed by atoms with Crippen LogP contribution in [0.25, 0.3) is 0 Å². The molecule has 1 aliphatic carbocycles. The van der Waals surface area contributed by atoms with Crippen LogP contribution < -0.4 is 10.0 Å². The second-order valence-corrected chi connectivity index (χ2v) is 12.1. The second-order valence-electron chi connectivity index (χ2n) is 7.59. The summed E-state index contributed by atoms with van der Waals surface area (Å²) in [5, 5.41) is 5.03. The molecule has 0 saturated heterocycles. The number of thiazole rings is 1. The van der Waals surface area contributed by atoms with Crippen molar-refractivity contribution in [2.75, 3.05) is 24.1 Å². The van der Waals surface area contributed by atoms with Gasteiger partial charge in [-0.15, -0.1) is 34.5 Å². The third-order valence-corrected chi connectivity index (χ3v) is 8.78. The fourth-order valence-electron chi connectivity index (χ4n) is 3.54. The molecule has 1 aliphatic rings. The molecule has 1 fully saturated rings. The minimum Gasteiger partial charge on any atom is -0.379 e. The van der Waals surface area contributed by atoms with Gasteiger partial charge < -0.3 is 10.2 Å². The van der Waals surface area contributed by atoms with Crippen LogP contribution >= 0.6 is 46.1 Å². The van der Waals surface area contributed by atoms with Crippen molar-refractivity contribution in [3.63, 3.8) is 0 Å². The Bertz CT molecular complexity index is 1000. The molecule has 166 valence electrons. The molecule has 1 saturated carbocycles. The number of rotatable bonds is 6. The smallest absolute Gasteiger partial charge is 0.266 e. The monoisotopic (exact) mass is 514 g/mol. The summed E-state index contributed by atoms with van der Waals surface area (Å²) >= 11 is 20.4. The average Bonchev–Trinajstić information content (AvgIpc) is 3.12. The maximum Gasteiger partial charge on any atom is 0.266 e. The number of nitrogens with one attached hydrogen (secondary N) is 2. The van der Waals surface area contributed by atoms with Crippen molar-refractivity contribution in [2.24, 2.45) is 5.92 Å². The lowest BCUT2D eigenvalue weighted by Gasteiger charge is -2.45. The summed E-state index contributed by atoms with van der Waals surface area (Å²) in [6.07, 6.45) is 2.60. The number of benzene rings is 1. The van der Waals surface area contributed by atoms with Crippen molar-refractivity contribution in [3.05, 3.63) is 34.5 Å². The van der Waals surface area contributed by atoms with E-state index in [0.29, 0.717) is 6.42 Å². The summed E-state index contributed by atoms with van der Waals surface area (Å²) in [7, 11) is -0.280. The average molecular weight is 516 g/mol. The summed E-state index contributed by atoms with van der Waals surface area (Å²) in [4.78, 5) is 5.35. The summed E-state index contributed by atoms with van der Waals surface area (Å²) in [5.41, 5.74) is 0.276. The first-order chi connectivity index (χ1) is 13.9. The van der Waals surface area contributed by atoms with E-state index in [9.17, 15) is 12.8 Å². The van der Waals surface area contributed by atoms with E-state index in [-0.39, 0.29) is 33.8 Å². The molecular formula is C18H22Cl3FN4O2S2. The van der Waals surface area contributed by atoms with Crippen LogP contribution in [0.4, 0.5) is 15.2 Å². The molecule has 0 amide bonds. The molecule has 0 bridgehead atoms. The number of halogens is 4. The highest BCUT2D eigenvalue weighted by molar-refractivity contribution is 7.93. The van der Waals surface area contributed by atoms with E-state index in [1.54, 1.807) is 5.38 Å². The molecule has 0 radical (unpaired) electrons. The van der Waals surface area contributed by atoms with Gasteiger partial charge in [-0.2, -0.15) is 0 Å². The Kier molecular flexibility index (Phi) is 7.11. The van der Waals surface area contributed by atoms with Crippen LogP contribution in [0, 0.1) is 11.7 Å². The predicted octanol–water partition coefficient (Wildman–Crippen LogP) is 5.05. The predicted molar refractivity (Wildman–Crippen MR) is 122 cm³/mol. The Hall–Kier alpha value is -0.840. The van der Waals surface area contributed by atoms with Gasteiger partial charge in [-0.25, -0.2) is 17.8 Å². The first-order valence-electron chi connectivity index (χ1n) is 9.13. The van der Waals surface area contributed by atoms with Crippen LogP contribution in [0.2, 0.25) is 5.02 Å². The summed E-state index contributed by atoms with van der Waals surface area (Å²) < 4.78 is 41.1. The summed E-state index contributed by atoms with van der Waals surface area (Å²) in [6.45, 7) is 1.99. The lowest BCUT2D eigenvalue weighted by molar-refractivity contribution is 0.170. The molecule has 0 aliphatic heterocycles. The van der Waals surface area contributed by atoms with Crippen molar-refractivity contribution in [1.29, 1.82) is 0 Å². The minimum absolute atomic E-state index is 0.0711. The zero-order valence-electron chi connectivity index (χ0n) is 16.5. The van der Waals surface area contributed by atoms with E-state index in [0.717, 1.165) is 29.9 Å². The molecule has 0 unspecified atom stereocenters. The molecule has 2 N–H and O–H groups in total. The van der Waals surface area contributed by atoms with E-state index in [1.807, 2.05) is 21.0 Å². The number of aromatic nitrogens is 1. The highest BCUT2D eigenvalue weighted by Gasteiger charge is 2.44. The van der Waals surface area contributed by atoms with Crippen molar-refractivity contribution < 1.29 is 12.8 Å². The van der Waals surface area contributed by atoms with Crippen LogP contribution in [-0.2, 0) is 10.0 Å². The number of hydrogen-bond acceptors (Lipinski definition) is 6. The van der Waals surface area contributed by atoms with Crippen molar-refractivity contribution in [3.8, 4) is 0 Å². The maximum absolute atomic E-state index is 14.8. The largest absolute Gasteiger partial charge is 0.379 e. The maximum atomic E-state index is 14.8. The van der Waals surface area contributed by atoms with Gasteiger partial charge in [-0.3, -0.25) is 4.72 Å². The zero-order chi connectivity index (χ0) is 22.3. The topological polar surface area (TPSA) is 74.3 Å². The van der Waals surface area contributed by atoms with Crippen LogP contribution in [-0.4, -0.2) is 48.8 Å². The zero-order valence-corrected chi connectivity index (χ0v) is 20.4. The molecule has 3 atom stereocenters. The van der Waals surface area contributed by atoms with Crippen LogP contribution in [0.15, 0.2) is 28.6 Å². The Labute approximate surface area is 194 Å². The number of likely N-dealkylation sites (N-methyl/N-ethyl adjacent to an activating group) is 1. The second kappa shape index (κ2) is 8.96. The lowest BCUT2D eigenvalue weighted by atomic mass is 9.81. The Morgan fingerprint density at radius 1 is 1.33 bits per heavy atom. The third kappa shape index (κ3) is 5.14. The highest BCUT2D eigenvalue weighted by atomic mass is 35.5. The van der Waals surface area contributed by atoms with Crippen molar-refractivity contribution >= 4 is 67.0 Å². The van der Waals surface area contributed by atoms with Gasteiger partial charge >= 0.3 is 0 Å². The van der Waals surface area contributed by atoms with Gasteiger partial charge in [0.05, 0.1) is 10.7 Å². The van der Waals surface area contributed by atoms with Gasteiger partial charge in [-0.1, -0.05) is 18.5 Å². The number of anilines is 2. The molecule has 2 aromatic rings. The third-order valence-electron chi connectivity index (χ3n) is 5.24. The van der Waals surface area contributed by atoms with Crippen LogP contribution in [0.1, 0.15) is 19.8 Å². The van der Waals surface area contributed by atoms with Gasteiger partial charge in [0.25, 0.3) is 10.0 Å². The molecular weight excluding hydrogens is 494 g/mol. The highest BCUT2D eigenvalue weighted by Crippen LogP contribution is 2.44. The van der Waals surface area contributed by atoms with Gasteiger partial charge in [-0.05, 0) is 38.6 Å². The van der Waals surface area contributed by atoms with Crippen molar-refractivity contribution in [1.82, 2.24) is 9.88 Å². The molecule has 1 aromatic carbocycles. The number of sulfonamides is 1. The van der Waals surface area contributed by atoms with E-state index >= 15 is 0 Å². The molecule has 30 heavy (non-hydrogen) atoms. The van der Waals surface area contributed by atoms with Gasteiger partial charge in [0.15, 0.2) is 5.13 Å². The Morgan fingerprint density at radius 3 is 2.63 bits per heavy atom. The van der Waals surface area contributed by atoms with E-state index < -0.39 is 25.1 Å². The minimum atomic E-state index is -4.18. The van der Waals surface area contributed by atoms with Crippen LogP contribution in [0.3, 0.4) is 0 Å². The number of alkyl halides is 2. The standard InChI is InChI=1S/C18H22Cl3FN4O2S2/c1-10-6-15(26(2)3)14(9-18(10,20)21)24-13-8-12(22)16(7-11(13)19)30(27,28)25-17-23-4-5-29-17/h4-5,7-8,10,14-15,24H,6,9H2,1-3H3,(H,23,25)/t10-,14-,15-/m0/s1. The first-order valence-corrected chi connectivity index (χ1v) is 12.6. The molecule has 6 nitrogen and oxygen atoms in total. The van der Waals surface area contributed by atoms with E-state index in [4.69, 9.17) is 34.8 Å². The molecule has 1 heterocycles. The first kappa shape index (κ1) is 23.8. The quantitative estimate of drug-likeness (QED) is 0.527. The molecule has 3 rings (SSSR count).